The predicted octanol–water partition coefficient (Wildman–Crippen LogP) is -0.522. The van der Waals surface area contributed by atoms with E-state index in [0.717, 1.165) is 4.90 Å². The van der Waals surface area contributed by atoms with Gasteiger partial charge in [-0.1, -0.05) is 0 Å². The molecule has 1 saturated heterocycles. The Labute approximate surface area is 75.1 Å². The van der Waals surface area contributed by atoms with Crippen LogP contribution in [0.3, 0.4) is 0 Å². The van der Waals surface area contributed by atoms with E-state index in [4.69, 9.17) is 6.42 Å². The summed E-state index contributed by atoms with van der Waals surface area (Å²) in [5, 5.41) is 1.89. The fourth-order valence-corrected chi connectivity index (χ4v) is 0.975. The lowest BCUT2D eigenvalue weighted by atomic mass is 10.3. The van der Waals surface area contributed by atoms with Gasteiger partial charge in [-0.15, -0.1) is 12.3 Å². The molecule has 5 nitrogen and oxygen atoms in total. The summed E-state index contributed by atoms with van der Waals surface area (Å²) in [6.45, 7) is 0.195. The first-order chi connectivity index (χ1) is 6.16. The van der Waals surface area contributed by atoms with E-state index < -0.39 is 17.8 Å². The largest absolute Gasteiger partial charge is 0.331 e. The van der Waals surface area contributed by atoms with Gasteiger partial charge in [0.2, 0.25) is 0 Å². The van der Waals surface area contributed by atoms with Gasteiger partial charge in [0.15, 0.2) is 0 Å². The van der Waals surface area contributed by atoms with Gasteiger partial charge < -0.3 is 0 Å². The maximum Gasteiger partial charge on any atom is 0.331 e. The SMILES string of the molecule is C#CCCCN1C(=O)NC(=O)C1=O. The lowest BCUT2D eigenvalue weighted by Gasteiger charge is -2.08. The van der Waals surface area contributed by atoms with Crippen molar-refractivity contribution in [1.29, 1.82) is 0 Å². The smallest absolute Gasteiger partial charge is 0.269 e. The molecule has 1 rings (SSSR count). The number of hydrogen-bond donors (Lipinski definition) is 1. The molecule has 0 aromatic carbocycles. The van der Waals surface area contributed by atoms with Crippen molar-refractivity contribution in [2.45, 2.75) is 12.8 Å². The van der Waals surface area contributed by atoms with Crippen LogP contribution in [0.1, 0.15) is 12.8 Å². The fraction of sp³-hybridized carbons (Fsp3) is 0.375. The van der Waals surface area contributed by atoms with Crippen molar-refractivity contribution in [1.82, 2.24) is 10.2 Å². The minimum absolute atomic E-state index is 0.195. The summed E-state index contributed by atoms with van der Waals surface area (Å²) in [7, 11) is 0. The van der Waals surface area contributed by atoms with Crippen LogP contribution in [0.15, 0.2) is 0 Å². The van der Waals surface area contributed by atoms with E-state index in [2.05, 4.69) is 5.92 Å². The van der Waals surface area contributed by atoms with Crippen LogP contribution in [0, 0.1) is 12.3 Å². The second kappa shape index (κ2) is 3.72. The van der Waals surface area contributed by atoms with Gasteiger partial charge in [0, 0.05) is 13.0 Å². The molecule has 68 valence electrons. The van der Waals surface area contributed by atoms with E-state index in [9.17, 15) is 14.4 Å². The number of nitrogens with zero attached hydrogens (tertiary/aromatic N) is 1. The molecule has 1 aliphatic heterocycles. The molecular formula is C8H8N2O3. The summed E-state index contributed by atoms with van der Waals surface area (Å²) in [6.07, 6.45) is 5.98. The Morgan fingerprint density at radius 2 is 2.08 bits per heavy atom. The maximum absolute atomic E-state index is 11.0. The van der Waals surface area contributed by atoms with Crippen molar-refractivity contribution in [2.75, 3.05) is 6.54 Å². The van der Waals surface area contributed by atoms with Crippen LogP contribution < -0.4 is 5.32 Å². The summed E-state index contributed by atoms with van der Waals surface area (Å²) in [5.74, 6) is 0.705. The van der Waals surface area contributed by atoms with Gasteiger partial charge in [0.25, 0.3) is 0 Å². The highest BCUT2D eigenvalue weighted by Crippen LogP contribution is 2.02. The number of rotatable bonds is 3. The highest BCUT2D eigenvalue weighted by Gasteiger charge is 2.35. The van der Waals surface area contributed by atoms with Gasteiger partial charge in [-0.25, -0.2) is 4.79 Å². The first kappa shape index (κ1) is 9.26. The van der Waals surface area contributed by atoms with E-state index in [0.29, 0.717) is 12.8 Å². The number of terminal acetylenes is 1. The van der Waals surface area contributed by atoms with Crippen LogP contribution in [0.4, 0.5) is 4.79 Å². The molecule has 0 bridgehead atoms. The molecule has 1 fully saturated rings. The Balaban J connectivity index is 2.50. The van der Waals surface area contributed by atoms with Crippen molar-refractivity contribution >= 4 is 17.8 Å². The zero-order valence-corrected chi connectivity index (χ0v) is 6.87. The monoisotopic (exact) mass is 180 g/mol. The summed E-state index contributed by atoms with van der Waals surface area (Å²) in [6, 6.07) is -0.660. The molecule has 4 amide bonds. The number of urea groups is 1. The molecule has 0 aliphatic carbocycles. The van der Waals surface area contributed by atoms with Crippen LogP contribution in [0.25, 0.3) is 0 Å². The molecule has 0 radical (unpaired) electrons. The second-order valence-electron chi connectivity index (χ2n) is 2.52. The molecule has 1 heterocycles. The minimum atomic E-state index is -0.870. The van der Waals surface area contributed by atoms with E-state index in [-0.39, 0.29) is 6.54 Å². The Morgan fingerprint density at radius 3 is 2.54 bits per heavy atom. The molecule has 0 aromatic heterocycles. The number of unbranched alkanes of at least 4 members (excludes halogenated alkanes) is 1. The van der Waals surface area contributed by atoms with Gasteiger partial charge in [-0.3, -0.25) is 19.8 Å². The lowest BCUT2D eigenvalue weighted by Crippen LogP contribution is -2.31. The van der Waals surface area contributed by atoms with Crippen LogP contribution in [0.5, 0.6) is 0 Å². The maximum atomic E-state index is 11.0. The van der Waals surface area contributed by atoms with Crippen LogP contribution in [-0.2, 0) is 9.59 Å². The van der Waals surface area contributed by atoms with Gasteiger partial charge >= 0.3 is 17.8 Å². The van der Waals surface area contributed by atoms with E-state index in [1.165, 1.54) is 0 Å². The Kier molecular flexibility index (Phi) is 2.65. The third-order valence-electron chi connectivity index (χ3n) is 1.61. The van der Waals surface area contributed by atoms with Gasteiger partial charge in [0.05, 0.1) is 0 Å². The van der Waals surface area contributed by atoms with Crippen LogP contribution >= 0.6 is 0 Å². The standard InChI is InChI=1S/C8H8N2O3/c1-2-3-4-5-10-7(12)6(11)9-8(10)13/h1H,3-5H2,(H,9,11,13). The molecule has 1 N–H and O–H groups in total. The van der Waals surface area contributed by atoms with Crippen molar-refractivity contribution < 1.29 is 14.4 Å². The lowest BCUT2D eigenvalue weighted by molar-refractivity contribution is -0.140. The number of carbonyl (C=O) groups is 3. The zero-order chi connectivity index (χ0) is 9.84. The second-order valence-corrected chi connectivity index (χ2v) is 2.52. The summed E-state index contributed by atoms with van der Waals surface area (Å²) < 4.78 is 0. The molecule has 1 aliphatic rings. The summed E-state index contributed by atoms with van der Waals surface area (Å²) in [5.41, 5.74) is 0. The number of imide groups is 2. The van der Waals surface area contributed by atoms with Gasteiger partial charge in [-0.2, -0.15) is 0 Å². The van der Waals surface area contributed by atoms with Crippen molar-refractivity contribution in [3.63, 3.8) is 0 Å². The highest BCUT2D eigenvalue weighted by molar-refractivity contribution is 6.44. The first-order valence-corrected chi connectivity index (χ1v) is 3.77. The van der Waals surface area contributed by atoms with Gasteiger partial charge in [0.1, 0.15) is 0 Å². The molecule has 0 aromatic rings. The van der Waals surface area contributed by atoms with Crippen molar-refractivity contribution in [2.24, 2.45) is 0 Å². The topological polar surface area (TPSA) is 66.5 Å². The molecule has 0 unspecified atom stereocenters. The Hall–Kier alpha value is -1.83. The average molecular weight is 180 g/mol. The normalized spacial score (nSPS) is 15.9. The number of carbonyl (C=O) groups excluding carboxylic acids is 3. The first-order valence-electron chi connectivity index (χ1n) is 3.77. The molecule has 0 atom stereocenters. The fourth-order valence-electron chi connectivity index (χ4n) is 0.975. The van der Waals surface area contributed by atoms with Crippen molar-refractivity contribution in [3.8, 4) is 12.3 Å². The predicted molar refractivity (Wildman–Crippen MR) is 43.3 cm³/mol. The minimum Gasteiger partial charge on any atom is -0.269 e. The molecule has 13 heavy (non-hydrogen) atoms. The van der Waals surface area contributed by atoms with E-state index in [1.54, 1.807) is 0 Å². The molecule has 0 spiro atoms. The molecule has 0 saturated carbocycles. The quantitative estimate of drug-likeness (QED) is 0.275. The molecule has 5 heteroatoms. The molecular weight excluding hydrogens is 172 g/mol. The average Bonchev–Trinajstić information content (AvgIpc) is 2.32. The number of nitrogens with one attached hydrogen (secondary N) is 1. The van der Waals surface area contributed by atoms with Crippen molar-refractivity contribution in [3.05, 3.63) is 0 Å². The number of hydrogen-bond acceptors (Lipinski definition) is 3. The number of amides is 4. The van der Waals surface area contributed by atoms with E-state index >= 15 is 0 Å². The van der Waals surface area contributed by atoms with Crippen LogP contribution in [-0.4, -0.2) is 29.3 Å². The third kappa shape index (κ3) is 1.85. The third-order valence-corrected chi connectivity index (χ3v) is 1.61. The zero-order valence-electron chi connectivity index (χ0n) is 6.87. The highest BCUT2D eigenvalue weighted by atomic mass is 16.2. The Morgan fingerprint density at radius 1 is 1.38 bits per heavy atom. The Bertz CT molecular complexity index is 303. The van der Waals surface area contributed by atoms with E-state index in [1.807, 2.05) is 5.32 Å². The summed E-state index contributed by atoms with van der Waals surface area (Å²) >= 11 is 0. The summed E-state index contributed by atoms with van der Waals surface area (Å²) in [4.78, 5) is 33.4. The van der Waals surface area contributed by atoms with Gasteiger partial charge in [-0.05, 0) is 6.42 Å². The van der Waals surface area contributed by atoms with Crippen LogP contribution in [0.2, 0.25) is 0 Å².